The molecular formula is C61H56ClN3O6S2. The van der Waals surface area contributed by atoms with E-state index in [2.05, 4.69) is 69.3 Å². The average molecular weight is 1030 g/mol. The normalized spacial score (nSPS) is 13.9. The average Bonchev–Trinajstić information content (AvgIpc) is 3.39. The number of pyridine rings is 1. The number of halogens is 1. The predicted octanol–water partition coefficient (Wildman–Crippen LogP) is 14.8. The van der Waals surface area contributed by atoms with Gasteiger partial charge < -0.3 is 18.9 Å². The smallest absolute Gasteiger partial charge is 0.269 e. The maximum atomic E-state index is 13.9. The van der Waals surface area contributed by atoms with Crippen molar-refractivity contribution in [3.8, 4) is 46.1 Å². The molecule has 73 heavy (non-hydrogen) atoms. The van der Waals surface area contributed by atoms with Crippen LogP contribution in [0.25, 0.3) is 34.4 Å². The lowest BCUT2D eigenvalue weighted by Crippen LogP contribution is -2.49. The van der Waals surface area contributed by atoms with Crippen LogP contribution in [0.15, 0.2) is 190 Å². The molecule has 0 saturated heterocycles. The summed E-state index contributed by atoms with van der Waals surface area (Å²) in [6, 6.07) is 40.0. The van der Waals surface area contributed by atoms with Crippen LogP contribution in [0, 0.1) is 29.4 Å². The predicted molar refractivity (Wildman–Crippen MR) is 300 cm³/mol. The minimum absolute atomic E-state index is 0.0291. The number of benzene rings is 6. The lowest BCUT2D eigenvalue weighted by atomic mass is 9.68. The van der Waals surface area contributed by atoms with Crippen molar-refractivity contribution in [1.82, 2.24) is 9.47 Å². The zero-order valence-corrected chi connectivity index (χ0v) is 43.7. The van der Waals surface area contributed by atoms with Gasteiger partial charge in [-0.05, 0) is 132 Å². The first-order valence-electron chi connectivity index (χ1n) is 23.8. The van der Waals surface area contributed by atoms with Crippen molar-refractivity contribution in [1.29, 1.82) is 0 Å². The fraction of sp³-hybridized carbons (Fsp3) is 0.180. The summed E-state index contributed by atoms with van der Waals surface area (Å²) in [5, 5.41) is 11.4. The van der Waals surface area contributed by atoms with Gasteiger partial charge in [-0.1, -0.05) is 123 Å². The van der Waals surface area contributed by atoms with Gasteiger partial charge in [0.05, 0.1) is 24.7 Å². The van der Waals surface area contributed by atoms with Crippen LogP contribution >= 0.6 is 35.1 Å². The molecule has 0 saturated carbocycles. The lowest BCUT2D eigenvalue weighted by Gasteiger charge is -2.41. The fourth-order valence-electron chi connectivity index (χ4n) is 8.64. The Morgan fingerprint density at radius 1 is 0.795 bits per heavy atom. The van der Waals surface area contributed by atoms with E-state index in [4.69, 9.17) is 27.5 Å². The van der Waals surface area contributed by atoms with Crippen LogP contribution in [0.3, 0.4) is 0 Å². The summed E-state index contributed by atoms with van der Waals surface area (Å²) in [6.45, 7) is 16.1. The number of nitrogens with zero attached hydrogens (tertiary/aromatic N) is 3. The Hall–Kier alpha value is -7.49. The quantitative estimate of drug-likeness (QED) is 0.0472. The number of aryl methyl sites for hydroxylation is 2. The van der Waals surface area contributed by atoms with Crippen LogP contribution in [0.1, 0.15) is 54.5 Å². The van der Waals surface area contributed by atoms with Gasteiger partial charge in [0.25, 0.3) is 5.69 Å². The Bertz CT molecular complexity index is 3290. The summed E-state index contributed by atoms with van der Waals surface area (Å²) in [5.74, 6) is 4.38. The zero-order valence-electron chi connectivity index (χ0n) is 41.3. The number of hydrogen-bond donors (Lipinski definition) is 0. The Balaban J connectivity index is 0.000000214. The summed E-state index contributed by atoms with van der Waals surface area (Å²) < 4.78 is 13.9. The number of non-ortho nitro benzene ring substituents is 1. The topological polar surface area (TPSA) is 104 Å². The maximum absolute atomic E-state index is 13.9. The van der Waals surface area contributed by atoms with E-state index in [0.29, 0.717) is 48.0 Å². The molecule has 2 heterocycles. The third-order valence-electron chi connectivity index (χ3n) is 12.0. The second kappa shape index (κ2) is 24.8. The third-order valence-corrected chi connectivity index (χ3v) is 14.2. The van der Waals surface area contributed by atoms with Gasteiger partial charge in [-0.3, -0.25) is 19.7 Å². The third kappa shape index (κ3) is 12.8. The van der Waals surface area contributed by atoms with Crippen molar-refractivity contribution in [2.45, 2.75) is 58.6 Å². The van der Waals surface area contributed by atoms with E-state index in [1.165, 1.54) is 23.9 Å². The summed E-state index contributed by atoms with van der Waals surface area (Å²) >= 11 is 9.51. The molecule has 0 aliphatic carbocycles. The van der Waals surface area contributed by atoms with Gasteiger partial charge in [-0.15, -0.1) is 6.42 Å². The molecule has 0 radical (unpaired) electrons. The van der Waals surface area contributed by atoms with E-state index < -0.39 is 10.3 Å². The van der Waals surface area contributed by atoms with Crippen molar-refractivity contribution in [3.63, 3.8) is 0 Å². The van der Waals surface area contributed by atoms with Gasteiger partial charge in [0, 0.05) is 85.6 Å². The largest absolute Gasteiger partial charge is 0.494 e. The molecule has 9 nitrogen and oxygen atoms in total. The molecule has 1 aliphatic rings. The zero-order chi connectivity index (χ0) is 52.1. The van der Waals surface area contributed by atoms with Gasteiger partial charge >= 0.3 is 0 Å². The van der Waals surface area contributed by atoms with E-state index in [-0.39, 0.29) is 16.9 Å². The molecule has 0 spiro atoms. The molecule has 6 aromatic carbocycles. The monoisotopic (exact) mass is 1030 g/mol. The fourth-order valence-corrected chi connectivity index (χ4v) is 10.7. The van der Waals surface area contributed by atoms with Crippen molar-refractivity contribution in [2.75, 3.05) is 26.3 Å². The number of aromatic nitrogens is 1. The first kappa shape index (κ1) is 53.3. The molecule has 370 valence electrons. The van der Waals surface area contributed by atoms with Crippen LogP contribution in [0.2, 0.25) is 5.02 Å². The van der Waals surface area contributed by atoms with Crippen molar-refractivity contribution in [3.05, 3.63) is 218 Å². The number of allylic oxidation sites excluding steroid dienone is 1. The summed E-state index contributed by atoms with van der Waals surface area (Å²) in [6.07, 6.45) is 18.1. The molecule has 0 bridgehead atoms. The highest BCUT2D eigenvalue weighted by molar-refractivity contribution is 7.99. The Kier molecular flexibility index (Phi) is 18.1. The number of nitro benzene ring substituents is 1. The Morgan fingerprint density at radius 2 is 1.48 bits per heavy atom. The molecule has 0 N–H and O–H groups in total. The van der Waals surface area contributed by atoms with Crippen LogP contribution in [-0.4, -0.2) is 46.5 Å². The van der Waals surface area contributed by atoms with Gasteiger partial charge in [0.2, 0.25) is 0 Å². The molecule has 1 aromatic heterocycles. The highest BCUT2D eigenvalue weighted by Gasteiger charge is 2.46. The maximum Gasteiger partial charge on any atom is 0.269 e. The molecule has 1 unspecified atom stereocenters. The highest BCUT2D eigenvalue weighted by Crippen LogP contribution is 2.44. The van der Waals surface area contributed by atoms with E-state index in [0.717, 1.165) is 77.3 Å². The Labute approximate surface area is 441 Å². The van der Waals surface area contributed by atoms with E-state index in [1.54, 1.807) is 66.6 Å². The molecule has 0 amide bonds. The summed E-state index contributed by atoms with van der Waals surface area (Å²) in [4.78, 5) is 43.9. The standard InChI is InChI=1S/C33H35NO3S.C28H21ClN2O3S/c1-5-19-34-20-18-31(35)33(24-34,32-25(4)10-8-13-30(32)37-22-7-3)26-14-16-28(17-15-26)38-29-12-9-11-27(23-29)36-21-6-2;1-4-18-6-11-25(19(5-2)12-18)27-17-30(3)16-26(28(27)32)20-13-21(29)15-24(14-20)35-23-9-7-22(8-10-23)31(33)34/h1,8-18,20,23H,6-7,19,21-22,24H2,2-4H3;4-17H,1-2H2,3H3. The van der Waals surface area contributed by atoms with Crippen LogP contribution in [0.4, 0.5) is 5.69 Å². The number of rotatable bonds is 18. The molecule has 12 heteroatoms. The number of ketones is 1. The summed E-state index contributed by atoms with van der Waals surface area (Å²) in [7, 11) is 1.87. The number of hydrogen-bond acceptors (Lipinski definition) is 9. The van der Waals surface area contributed by atoms with Gasteiger partial charge in [-0.25, -0.2) is 0 Å². The number of carbonyl (C=O) groups is 1. The molecule has 7 aromatic rings. The molecular weight excluding hydrogens is 970 g/mol. The van der Waals surface area contributed by atoms with E-state index in [9.17, 15) is 19.7 Å². The second-order valence-electron chi connectivity index (χ2n) is 17.3. The van der Waals surface area contributed by atoms with Crippen LogP contribution in [-0.2, 0) is 17.3 Å². The first-order chi connectivity index (χ1) is 35.3. The van der Waals surface area contributed by atoms with Crippen LogP contribution < -0.4 is 14.9 Å². The molecule has 0 fully saturated rings. The minimum Gasteiger partial charge on any atom is -0.494 e. The van der Waals surface area contributed by atoms with Crippen molar-refractivity contribution < 1.29 is 19.2 Å². The lowest BCUT2D eigenvalue weighted by molar-refractivity contribution is -0.384. The van der Waals surface area contributed by atoms with Crippen molar-refractivity contribution >= 4 is 58.7 Å². The van der Waals surface area contributed by atoms with Gasteiger partial charge in [-0.2, -0.15) is 0 Å². The number of terminal acetylenes is 1. The number of nitro groups is 1. The van der Waals surface area contributed by atoms with E-state index in [1.807, 2.05) is 84.2 Å². The van der Waals surface area contributed by atoms with E-state index >= 15 is 0 Å². The number of carbonyl (C=O) groups excluding carboxylic acids is 1. The van der Waals surface area contributed by atoms with Crippen LogP contribution in [0.5, 0.6) is 11.5 Å². The number of ether oxygens (including phenoxy) is 2. The van der Waals surface area contributed by atoms with Gasteiger partial charge in [0.1, 0.15) is 16.9 Å². The molecule has 1 aliphatic heterocycles. The SMILES string of the molecule is C#CCN1C=CC(=O)C(c2ccc(Sc3cccc(OCCC)c3)cc2)(c2c(C)cccc2OCCC)C1.C=Cc1ccc(-c2cn(C)cc(-c3cc(Cl)cc(Sc4ccc([N+](=O)[O-])cc4)c3)c2=O)c(C=C)c1. The minimum atomic E-state index is -0.933. The van der Waals surface area contributed by atoms with Crippen molar-refractivity contribution in [2.24, 2.45) is 7.05 Å². The molecule has 1 atom stereocenters. The Morgan fingerprint density at radius 3 is 2.16 bits per heavy atom. The van der Waals surface area contributed by atoms with Gasteiger partial charge in [0.15, 0.2) is 11.2 Å². The first-order valence-corrected chi connectivity index (χ1v) is 25.8. The second-order valence-corrected chi connectivity index (χ2v) is 20.0. The highest BCUT2D eigenvalue weighted by atomic mass is 35.5. The summed E-state index contributed by atoms with van der Waals surface area (Å²) in [5.41, 5.74) is 6.16. The molecule has 8 rings (SSSR count).